The van der Waals surface area contributed by atoms with E-state index in [-0.39, 0.29) is 16.1 Å². The van der Waals surface area contributed by atoms with E-state index in [1.165, 1.54) is 37.3 Å². The number of hydrogen-bond donors (Lipinski definition) is 3. The molecule has 156 valence electrons. The van der Waals surface area contributed by atoms with Crippen LogP contribution in [0.15, 0.2) is 30.3 Å². The Bertz CT molecular complexity index is 956. The normalized spacial score (nSPS) is 21.0. The summed E-state index contributed by atoms with van der Waals surface area (Å²) in [6.45, 7) is 3.73. The fourth-order valence-corrected chi connectivity index (χ4v) is 4.38. The predicted octanol–water partition coefficient (Wildman–Crippen LogP) is 5.05. The zero-order chi connectivity index (χ0) is 21.5. The third-order valence-corrected chi connectivity index (χ3v) is 6.11. The topological polar surface area (TPSA) is 61.4 Å². The molecular formula is C20H19Cl3F2N2O2. The molecule has 1 saturated carbocycles. The third kappa shape index (κ3) is 4.37. The highest BCUT2D eigenvalue weighted by Crippen LogP contribution is 2.65. The van der Waals surface area contributed by atoms with Crippen LogP contribution < -0.4 is 10.6 Å². The van der Waals surface area contributed by atoms with Crippen molar-refractivity contribution in [2.24, 2.45) is 5.92 Å². The van der Waals surface area contributed by atoms with E-state index in [4.69, 9.17) is 34.8 Å². The Hall–Kier alpha value is -1.44. The van der Waals surface area contributed by atoms with Crippen LogP contribution in [0.4, 0.5) is 14.5 Å². The molecule has 0 aromatic heterocycles. The van der Waals surface area contributed by atoms with Gasteiger partial charge in [0.2, 0.25) is 5.91 Å². The second kappa shape index (κ2) is 8.36. The van der Waals surface area contributed by atoms with E-state index in [1.807, 2.05) is 0 Å². The van der Waals surface area contributed by atoms with Gasteiger partial charge in [0.05, 0.1) is 10.9 Å². The summed E-state index contributed by atoms with van der Waals surface area (Å²) in [7, 11) is 0. The van der Waals surface area contributed by atoms with Gasteiger partial charge >= 0.3 is 0 Å². The van der Waals surface area contributed by atoms with Crippen molar-refractivity contribution in [3.05, 3.63) is 63.7 Å². The lowest BCUT2D eigenvalue weighted by Gasteiger charge is -2.16. The van der Waals surface area contributed by atoms with Crippen molar-refractivity contribution >= 4 is 46.4 Å². The van der Waals surface area contributed by atoms with Crippen LogP contribution in [0, 0.1) is 24.5 Å². The van der Waals surface area contributed by atoms with Gasteiger partial charge in [-0.2, -0.15) is 0 Å². The highest BCUT2D eigenvalue weighted by Gasteiger charge is 2.67. The molecule has 2 aromatic carbocycles. The minimum absolute atomic E-state index is 0.0165. The molecule has 0 aliphatic heterocycles. The van der Waals surface area contributed by atoms with E-state index >= 15 is 0 Å². The van der Waals surface area contributed by atoms with E-state index in [9.17, 15) is 18.7 Å². The van der Waals surface area contributed by atoms with Gasteiger partial charge in [0.1, 0.15) is 22.2 Å². The Morgan fingerprint density at radius 2 is 1.97 bits per heavy atom. The average Bonchev–Trinajstić information content (AvgIpc) is 3.22. The minimum Gasteiger partial charge on any atom is -0.374 e. The molecule has 1 aliphatic rings. The van der Waals surface area contributed by atoms with Gasteiger partial charge in [-0.3, -0.25) is 10.1 Å². The number of benzene rings is 2. The second-order valence-electron chi connectivity index (χ2n) is 6.95. The van der Waals surface area contributed by atoms with E-state index in [0.717, 1.165) is 0 Å². The van der Waals surface area contributed by atoms with Crippen molar-refractivity contribution in [2.45, 2.75) is 30.3 Å². The lowest BCUT2D eigenvalue weighted by molar-refractivity contribution is -0.117. The highest BCUT2D eigenvalue weighted by atomic mass is 35.5. The van der Waals surface area contributed by atoms with Crippen molar-refractivity contribution in [2.75, 3.05) is 11.9 Å². The molecule has 3 rings (SSSR count). The summed E-state index contributed by atoms with van der Waals surface area (Å²) in [5.41, 5.74) is 1.12. The molecule has 1 aliphatic carbocycles. The van der Waals surface area contributed by atoms with Crippen LogP contribution in [0.5, 0.6) is 0 Å². The Morgan fingerprint density at radius 3 is 2.59 bits per heavy atom. The summed E-state index contributed by atoms with van der Waals surface area (Å²) in [6.07, 6.45) is -1.22. The number of rotatable bonds is 6. The van der Waals surface area contributed by atoms with E-state index in [0.29, 0.717) is 17.8 Å². The van der Waals surface area contributed by atoms with Gasteiger partial charge in [0.25, 0.3) is 0 Å². The number of nitrogens with one attached hydrogen (secondary N) is 2. The average molecular weight is 464 g/mol. The molecule has 0 bridgehead atoms. The predicted molar refractivity (Wildman–Crippen MR) is 110 cm³/mol. The fourth-order valence-electron chi connectivity index (χ4n) is 3.36. The molecule has 3 N–H and O–H groups in total. The number of aliphatic hydroxyl groups is 1. The van der Waals surface area contributed by atoms with Gasteiger partial charge in [-0.15, -0.1) is 23.2 Å². The first kappa shape index (κ1) is 22.2. The molecule has 4 nitrogen and oxygen atoms in total. The van der Waals surface area contributed by atoms with Crippen LogP contribution in [-0.2, 0) is 4.79 Å². The molecule has 3 atom stereocenters. The highest BCUT2D eigenvalue weighted by molar-refractivity contribution is 6.53. The van der Waals surface area contributed by atoms with Crippen molar-refractivity contribution in [1.82, 2.24) is 5.32 Å². The Balaban J connectivity index is 1.82. The zero-order valence-corrected chi connectivity index (χ0v) is 17.8. The molecule has 0 heterocycles. The van der Waals surface area contributed by atoms with Crippen LogP contribution in [0.2, 0.25) is 5.02 Å². The monoisotopic (exact) mass is 462 g/mol. The van der Waals surface area contributed by atoms with E-state index in [2.05, 4.69) is 10.6 Å². The third-order valence-electron chi connectivity index (χ3n) is 4.88. The number of aliphatic hydroxyl groups excluding tert-OH is 1. The van der Waals surface area contributed by atoms with E-state index in [1.54, 1.807) is 6.92 Å². The summed E-state index contributed by atoms with van der Waals surface area (Å²) in [5, 5.41) is 15.4. The smallest absolute Gasteiger partial charge is 0.231 e. The first-order chi connectivity index (χ1) is 13.6. The number of carbonyl (C=O) groups excluding carboxylic acids is 1. The van der Waals surface area contributed by atoms with Gasteiger partial charge in [-0.05, 0) is 48.9 Å². The van der Waals surface area contributed by atoms with Crippen molar-refractivity contribution in [1.29, 1.82) is 0 Å². The summed E-state index contributed by atoms with van der Waals surface area (Å²) in [6, 6.07) is 6.86. The summed E-state index contributed by atoms with van der Waals surface area (Å²) in [4.78, 5) is 12.8. The van der Waals surface area contributed by atoms with Gasteiger partial charge in [0, 0.05) is 17.2 Å². The number of hydrogen-bond acceptors (Lipinski definition) is 3. The fraction of sp³-hybridized carbons (Fsp3) is 0.350. The lowest BCUT2D eigenvalue weighted by Crippen LogP contribution is -2.22. The number of aryl methyl sites for hydroxylation is 1. The van der Waals surface area contributed by atoms with Crippen LogP contribution in [0.3, 0.4) is 0 Å². The molecule has 1 fully saturated rings. The molecular weight excluding hydrogens is 445 g/mol. The van der Waals surface area contributed by atoms with E-state index < -0.39 is 39.9 Å². The molecule has 0 spiro atoms. The number of anilines is 1. The lowest BCUT2D eigenvalue weighted by atomic mass is 10.1. The Labute approximate surface area is 182 Å². The van der Waals surface area contributed by atoms with Gasteiger partial charge in [-0.1, -0.05) is 24.6 Å². The first-order valence-corrected chi connectivity index (χ1v) is 10.1. The SMILES string of the molecule is CCNC(O)c1cc(NC(=O)C2C(c3ccc(F)c(Cl)c3)C2(Cl)Cl)cc(C)c1F. The van der Waals surface area contributed by atoms with Crippen molar-refractivity contribution < 1.29 is 18.7 Å². The largest absolute Gasteiger partial charge is 0.374 e. The minimum atomic E-state index is -1.38. The maximum Gasteiger partial charge on any atom is 0.231 e. The summed E-state index contributed by atoms with van der Waals surface area (Å²) >= 11 is 18.4. The Kier molecular flexibility index (Phi) is 6.41. The summed E-state index contributed by atoms with van der Waals surface area (Å²) in [5.74, 6) is -3.00. The maximum atomic E-state index is 14.3. The second-order valence-corrected chi connectivity index (χ2v) is 8.80. The number of halogens is 5. The van der Waals surface area contributed by atoms with Gasteiger partial charge in [0.15, 0.2) is 0 Å². The van der Waals surface area contributed by atoms with Crippen molar-refractivity contribution in [3.8, 4) is 0 Å². The molecule has 2 aromatic rings. The van der Waals surface area contributed by atoms with Crippen LogP contribution in [-0.4, -0.2) is 21.9 Å². The quantitative estimate of drug-likeness (QED) is 0.415. The molecule has 3 unspecified atom stereocenters. The van der Waals surface area contributed by atoms with Crippen molar-refractivity contribution in [3.63, 3.8) is 0 Å². The molecule has 1 amide bonds. The standard InChI is InChI=1S/C20H19Cl3F2N2O2/c1-3-26-18(28)12-8-11(6-9(2)17(12)25)27-19(29)16-15(20(16,22)23)10-4-5-14(24)13(21)7-10/h4-8,15-16,18,26,28H,3H2,1-2H3,(H,27,29). The number of carbonyl (C=O) groups is 1. The Morgan fingerprint density at radius 1 is 1.28 bits per heavy atom. The molecule has 29 heavy (non-hydrogen) atoms. The van der Waals surface area contributed by atoms with Crippen LogP contribution >= 0.6 is 34.8 Å². The first-order valence-electron chi connectivity index (χ1n) is 8.93. The number of amides is 1. The number of alkyl halides is 2. The van der Waals surface area contributed by atoms with Gasteiger partial charge in [-0.25, -0.2) is 8.78 Å². The molecule has 0 saturated heterocycles. The van der Waals surface area contributed by atoms with Crippen LogP contribution in [0.1, 0.15) is 35.8 Å². The summed E-state index contributed by atoms with van der Waals surface area (Å²) < 4.78 is 26.4. The van der Waals surface area contributed by atoms with Gasteiger partial charge < -0.3 is 10.4 Å². The zero-order valence-electron chi connectivity index (χ0n) is 15.6. The maximum absolute atomic E-state index is 14.3. The molecule has 0 radical (unpaired) electrons. The van der Waals surface area contributed by atoms with Crippen LogP contribution in [0.25, 0.3) is 0 Å². The molecule has 9 heteroatoms.